The Hall–Kier alpha value is -1.19. The average molecular weight is 230 g/mol. The molecule has 1 aliphatic rings. The molecule has 0 amide bonds. The topological polar surface area (TPSA) is 16.1 Å². The molecule has 0 saturated carbocycles. The van der Waals surface area contributed by atoms with Crippen LogP contribution in [0.15, 0.2) is 36.5 Å². The van der Waals surface area contributed by atoms with Gasteiger partial charge in [-0.25, -0.2) is 4.37 Å². The zero-order chi connectivity index (χ0) is 11.0. The van der Waals surface area contributed by atoms with E-state index in [4.69, 9.17) is 0 Å². The number of hydrogen-bond acceptors (Lipinski definition) is 3. The second-order valence-corrected chi connectivity index (χ2v) is 5.11. The summed E-state index contributed by atoms with van der Waals surface area (Å²) in [5, 5.41) is 0. The summed E-state index contributed by atoms with van der Waals surface area (Å²) in [6, 6.07) is 11.3. The lowest BCUT2D eigenvalue weighted by molar-refractivity contribution is 0.268. The van der Waals surface area contributed by atoms with Crippen molar-refractivity contribution >= 4 is 11.5 Å². The van der Waals surface area contributed by atoms with Crippen LogP contribution in [0.5, 0.6) is 0 Å². The second kappa shape index (κ2) is 4.00. The van der Waals surface area contributed by atoms with Crippen molar-refractivity contribution in [2.75, 3.05) is 13.6 Å². The highest BCUT2D eigenvalue weighted by Crippen LogP contribution is 2.35. The smallest absolute Gasteiger partial charge is 0.0712 e. The van der Waals surface area contributed by atoms with Gasteiger partial charge in [-0.2, -0.15) is 0 Å². The summed E-state index contributed by atoms with van der Waals surface area (Å²) in [7, 11) is 2.19. The van der Waals surface area contributed by atoms with E-state index in [-0.39, 0.29) is 0 Å². The fraction of sp³-hybridized carbons (Fsp3) is 0.308. The minimum Gasteiger partial charge on any atom is -0.294 e. The standard InChI is InChI=1S/C13H14N2S/c1-15-9-7-10-4-2-3-5-11(10)13(15)12-6-8-14-16-12/h2-6,8,13H,7,9H2,1H3. The second-order valence-electron chi connectivity index (χ2n) is 4.25. The van der Waals surface area contributed by atoms with Crippen molar-refractivity contribution in [3.63, 3.8) is 0 Å². The zero-order valence-corrected chi connectivity index (χ0v) is 10.1. The maximum Gasteiger partial charge on any atom is 0.0712 e. The van der Waals surface area contributed by atoms with Crippen molar-refractivity contribution in [2.24, 2.45) is 0 Å². The predicted octanol–water partition coefficient (Wildman–Crippen LogP) is 2.72. The van der Waals surface area contributed by atoms with E-state index >= 15 is 0 Å². The monoisotopic (exact) mass is 230 g/mol. The lowest BCUT2D eigenvalue weighted by Crippen LogP contribution is -2.32. The largest absolute Gasteiger partial charge is 0.294 e. The van der Waals surface area contributed by atoms with Gasteiger partial charge in [0.2, 0.25) is 0 Å². The van der Waals surface area contributed by atoms with Crippen LogP contribution in [0.2, 0.25) is 0 Å². The molecule has 0 aliphatic carbocycles. The van der Waals surface area contributed by atoms with E-state index < -0.39 is 0 Å². The van der Waals surface area contributed by atoms with Crippen LogP contribution in [-0.2, 0) is 6.42 Å². The summed E-state index contributed by atoms with van der Waals surface area (Å²) in [4.78, 5) is 3.75. The quantitative estimate of drug-likeness (QED) is 0.749. The maximum atomic E-state index is 4.22. The summed E-state index contributed by atoms with van der Waals surface area (Å²) in [5.74, 6) is 0. The number of aromatic nitrogens is 1. The van der Waals surface area contributed by atoms with Crippen molar-refractivity contribution < 1.29 is 0 Å². The Balaban J connectivity index is 2.10. The third-order valence-corrected chi connectivity index (χ3v) is 4.05. The van der Waals surface area contributed by atoms with Crippen LogP contribution >= 0.6 is 11.5 Å². The molecule has 1 aromatic carbocycles. The fourth-order valence-electron chi connectivity index (χ4n) is 2.43. The van der Waals surface area contributed by atoms with Gasteiger partial charge in [0, 0.05) is 17.6 Å². The Morgan fingerprint density at radius 1 is 1.31 bits per heavy atom. The minimum atomic E-state index is 0.400. The van der Waals surface area contributed by atoms with Gasteiger partial charge in [-0.05, 0) is 42.2 Å². The molecule has 2 aromatic rings. The number of benzene rings is 1. The first-order valence-corrected chi connectivity index (χ1v) is 6.32. The van der Waals surface area contributed by atoms with Crippen LogP contribution in [0.3, 0.4) is 0 Å². The fourth-order valence-corrected chi connectivity index (χ4v) is 3.20. The molecule has 1 aromatic heterocycles. The average Bonchev–Trinajstić information content (AvgIpc) is 2.82. The first-order valence-electron chi connectivity index (χ1n) is 5.55. The molecule has 16 heavy (non-hydrogen) atoms. The SMILES string of the molecule is CN1CCc2ccccc2C1c1ccns1. The third-order valence-electron chi connectivity index (χ3n) is 3.25. The minimum absolute atomic E-state index is 0.400. The van der Waals surface area contributed by atoms with Crippen LogP contribution in [0.4, 0.5) is 0 Å². The third kappa shape index (κ3) is 1.56. The summed E-state index contributed by atoms with van der Waals surface area (Å²) < 4.78 is 4.22. The molecule has 3 rings (SSSR count). The number of rotatable bonds is 1. The van der Waals surface area contributed by atoms with E-state index in [1.807, 2.05) is 6.20 Å². The van der Waals surface area contributed by atoms with Gasteiger partial charge >= 0.3 is 0 Å². The molecular weight excluding hydrogens is 216 g/mol. The van der Waals surface area contributed by atoms with Crippen molar-refractivity contribution in [1.82, 2.24) is 9.27 Å². The zero-order valence-electron chi connectivity index (χ0n) is 9.26. The van der Waals surface area contributed by atoms with Crippen molar-refractivity contribution in [3.05, 3.63) is 52.5 Å². The van der Waals surface area contributed by atoms with E-state index in [9.17, 15) is 0 Å². The Bertz CT molecular complexity index is 478. The van der Waals surface area contributed by atoms with Crippen molar-refractivity contribution in [3.8, 4) is 0 Å². The number of hydrogen-bond donors (Lipinski definition) is 0. The van der Waals surface area contributed by atoms with Gasteiger partial charge < -0.3 is 0 Å². The Morgan fingerprint density at radius 2 is 2.19 bits per heavy atom. The van der Waals surface area contributed by atoms with Crippen LogP contribution in [0.25, 0.3) is 0 Å². The van der Waals surface area contributed by atoms with Gasteiger partial charge in [-0.3, -0.25) is 4.90 Å². The summed E-state index contributed by atoms with van der Waals surface area (Å²) in [5.41, 5.74) is 2.93. The van der Waals surface area contributed by atoms with Crippen molar-refractivity contribution in [1.29, 1.82) is 0 Å². The molecule has 0 spiro atoms. The molecule has 1 unspecified atom stereocenters. The van der Waals surface area contributed by atoms with Crippen molar-refractivity contribution in [2.45, 2.75) is 12.5 Å². The maximum absolute atomic E-state index is 4.22. The van der Waals surface area contributed by atoms with Gasteiger partial charge in [0.25, 0.3) is 0 Å². The van der Waals surface area contributed by atoms with Crippen LogP contribution in [0.1, 0.15) is 22.0 Å². The molecule has 0 radical (unpaired) electrons. The normalized spacial score (nSPS) is 20.7. The summed E-state index contributed by atoms with van der Waals surface area (Å²) >= 11 is 1.61. The molecule has 0 saturated heterocycles. The molecule has 1 aliphatic heterocycles. The highest BCUT2D eigenvalue weighted by molar-refractivity contribution is 7.05. The highest BCUT2D eigenvalue weighted by Gasteiger charge is 2.26. The first kappa shape index (κ1) is 10.00. The molecule has 0 N–H and O–H groups in total. The van der Waals surface area contributed by atoms with Crippen LogP contribution in [0, 0.1) is 0 Å². The molecule has 0 fully saturated rings. The van der Waals surface area contributed by atoms with Gasteiger partial charge in [-0.1, -0.05) is 24.3 Å². The molecule has 2 heterocycles. The van der Waals surface area contributed by atoms with E-state index in [2.05, 4.69) is 46.7 Å². The van der Waals surface area contributed by atoms with Crippen LogP contribution in [-0.4, -0.2) is 22.9 Å². The Kier molecular flexibility index (Phi) is 2.50. The van der Waals surface area contributed by atoms with Gasteiger partial charge in [-0.15, -0.1) is 0 Å². The predicted molar refractivity (Wildman–Crippen MR) is 66.7 cm³/mol. The lowest BCUT2D eigenvalue weighted by atomic mass is 9.92. The number of fused-ring (bicyclic) bond motifs is 1. The lowest BCUT2D eigenvalue weighted by Gasteiger charge is -2.33. The van der Waals surface area contributed by atoms with E-state index in [1.54, 1.807) is 11.5 Å². The molecule has 0 bridgehead atoms. The number of nitrogens with zero attached hydrogens (tertiary/aromatic N) is 2. The Labute approximate surface area is 99.7 Å². The highest BCUT2D eigenvalue weighted by atomic mass is 32.1. The molecule has 82 valence electrons. The molecule has 3 heteroatoms. The summed E-state index contributed by atoms with van der Waals surface area (Å²) in [6.45, 7) is 1.12. The number of likely N-dealkylation sites (N-methyl/N-ethyl adjacent to an activating group) is 1. The molecular formula is C13H14N2S. The summed E-state index contributed by atoms with van der Waals surface area (Å²) in [6.07, 6.45) is 3.05. The molecule has 2 nitrogen and oxygen atoms in total. The Morgan fingerprint density at radius 3 is 3.00 bits per heavy atom. The van der Waals surface area contributed by atoms with Gasteiger partial charge in [0.05, 0.1) is 6.04 Å². The van der Waals surface area contributed by atoms with Gasteiger partial charge in [0.1, 0.15) is 0 Å². The first-order chi connectivity index (χ1) is 7.86. The van der Waals surface area contributed by atoms with E-state index in [1.165, 1.54) is 16.0 Å². The van der Waals surface area contributed by atoms with Crippen LogP contribution < -0.4 is 0 Å². The molecule has 1 atom stereocenters. The van der Waals surface area contributed by atoms with Gasteiger partial charge in [0.15, 0.2) is 0 Å². The van der Waals surface area contributed by atoms with E-state index in [0.717, 1.165) is 13.0 Å². The van der Waals surface area contributed by atoms with E-state index in [0.29, 0.717) is 6.04 Å².